The van der Waals surface area contributed by atoms with Crippen LogP contribution in [0.15, 0.2) is 115 Å². The van der Waals surface area contributed by atoms with E-state index in [0.29, 0.717) is 16.8 Å². The van der Waals surface area contributed by atoms with Crippen molar-refractivity contribution in [2.24, 2.45) is 4.99 Å². The van der Waals surface area contributed by atoms with Gasteiger partial charge < -0.3 is 5.11 Å². The first kappa shape index (κ1) is 25.9. The summed E-state index contributed by atoms with van der Waals surface area (Å²) in [4.78, 5) is 12.5. The number of hydrogen-bond acceptors (Lipinski definition) is 4. The van der Waals surface area contributed by atoms with Gasteiger partial charge in [0.15, 0.2) is 0 Å². The Balaban J connectivity index is 0.00000304. The fourth-order valence-corrected chi connectivity index (χ4v) is 4.23. The van der Waals surface area contributed by atoms with Crippen LogP contribution in [0.1, 0.15) is 5.56 Å². The van der Waals surface area contributed by atoms with E-state index in [1.165, 1.54) is 0 Å². The maximum absolute atomic E-state index is 13.4. The van der Waals surface area contributed by atoms with Crippen molar-refractivity contribution in [2.45, 2.75) is 0 Å². The first-order chi connectivity index (χ1) is 17.2. The number of aliphatic imine (C=N–C) groups is 1. The summed E-state index contributed by atoms with van der Waals surface area (Å²) in [6, 6.07) is 25.9. The van der Waals surface area contributed by atoms with Crippen LogP contribution in [0, 0.1) is 0 Å². The van der Waals surface area contributed by atoms with E-state index < -0.39 is 0 Å². The Labute approximate surface area is 253 Å². The Morgan fingerprint density at radius 3 is 1.56 bits per heavy atom. The van der Waals surface area contributed by atoms with Crippen LogP contribution in [0.2, 0.25) is 0 Å². The standard InChI is InChI=1S/C31H23N3O.K/c1-3-27-28(23-12-8-21(9-13-23)25-6-4-16-33-19-25)18-29(31(35)30(27)32-2)24-14-10-22(11-15-24)26-7-5-17-34-20-26;/h3-20,35H,1-2H2;/q;+1/p-1. The predicted octanol–water partition coefficient (Wildman–Crippen LogP) is 4.20. The maximum Gasteiger partial charge on any atom is 1.00 e. The second-order valence-corrected chi connectivity index (χ2v) is 8.06. The molecule has 0 bridgehead atoms. The summed E-state index contributed by atoms with van der Waals surface area (Å²) in [5.74, 6) is -0.167. The van der Waals surface area contributed by atoms with Gasteiger partial charge in [-0.3, -0.25) is 15.0 Å². The van der Waals surface area contributed by atoms with Crippen LogP contribution in [-0.4, -0.2) is 16.7 Å². The zero-order valence-electron chi connectivity index (χ0n) is 20.1. The van der Waals surface area contributed by atoms with Crippen LogP contribution < -0.4 is 56.5 Å². The molecule has 0 spiro atoms. The van der Waals surface area contributed by atoms with Gasteiger partial charge in [-0.25, -0.2) is 0 Å². The normalized spacial score (nSPS) is 10.3. The average molecular weight is 492 g/mol. The molecule has 2 heterocycles. The Kier molecular flexibility index (Phi) is 8.41. The third kappa shape index (κ3) is 5.16. The maximum atomic E-state index is 13.4. The molecule has 0 amide bonds. The molecular formula is C31H22KN3O. The third-order valence-electron chi connectivity index (χ3n) is 6.04. The summed E-state index contributed by atoms with van der Waals surface area (Å²) in [6.07, 6.45) is 8.83. The Morgan fingerprint density at radius 1 is 0.667 bits per heavy atom. The first-order valence-electron chi connectivity index (χ1n) is 11.2. The molecule has 0 radical (unpaired) electrons. The van der Waals surface area contributed by atoms with Gasteiger partial charge >= 0.3 is 51.4 Å². The van der Waals surface area contributed by atoms with Crippen molar-refractivity contribution < 1.29 is 56.5 Å². The van der Waals surface area contributed by atoms with Gasteiger partial charge in [0.05, 0.1) is 5.69 Å². The van der Waals surface area contributed by atoms with Crippen molar-refractivity contribution in [2.75, 3.05) is 0 Å². The minimum Gasteiger partial charge on any atom is -0.871 e. The fourth-order valence-electron chi connectivity index (χ4n) is 4.23. The minimum absolute atomic E-state index is 0. The van der Waals surface area contributed by atoms with Gasteiger partial charge in [0.2, 0.25) is 0 Å². The van der Waals surface area contributed by atoms with E-state index in [-0.39, 0.29) is 57.1 Å². The summed E-state index contributed by atoms with van der Waals surface area (Å²) in [5.41, 5.74) is 8.37. The van der Waals surface area contributed by atoms with E-state index in [1.807, 2.05) is 91.3 Å². The largest absolute Gasteiger partial charge is 1.00 e. The Hall–Kier alpha value is -3.19. The predicted molar refractivity (Wildman–Crippen MR) is 143 cm³/mol. The minimum atomic E-state index is -0.167. The molecule has 3 aromatic carbocycles. The zero-order valence-corrected chi connectivity index (χ0v) is 23.2. The third-order valence-corrected chi connectivity index (χ3v) is 6.04. The number of aromatic nitrogens is 2. The molecule has 4 nitrogen and oxygen atoms in total. The van der Waals surface area contributed by atoms with E-state index in [2.05, 4.69) is 28.3 Å². The van der Waals surface area contributed by atoms with Crippen molar-refractivity contribution in [3.63, 3.8) is 0 Å². The number of hydrogen-bond donors (Lipinski definition) is 0. The molecule has 5 heteroatoms. The van der Waals surface area contributed by atoms with E-state index >= 15 is 0 Å². The Bertz CT molecular complexity index is 1500. The molecule has 5 aromatic rings. The van der Waals surface area contributed by atoms with Crippen LogP contribution in [0.4, 0.5) is 5.69 Å². The van der Waals surface area contributed by atoms with Gasteiger partial charge in [-0.2, -0.15) is 0 Å². The molecule has 2 aromatic heterocycles. The van der Waals surface area contributed by atoms with Gasteiger partial charge in [0.1, 0.15) is 0 Å². The van der Waals surface area contributed by atoms with Gasteiger partial charge in [0.25, 0.3) is 0 Å². The quantitative estimate of drug-likeness (QED) is 0.264. The second kappa shape index (κ2) is 11.7. The summed E-state index contributed by atoms with van der Waals surface area (Å²) in [7, 11) is 0. The van der Waals surface area contributed by atoms with Crippen LogP contribution >= 0.6 is 0 Å². The molecule has 0 saturated heterocycles. The van der Waals surface area contributed by atoms with Gasteiger partial charge in [-0.05, 0) is 69.4 Å². The summed E-state index contributed by atoms with van der Waals surface area (Å²) in [5, 5.41) is 13.4. The zero-order chi connectivity index (χ0) is 24.2. The van der Waals surface area contributed by atoms with Gasteiger partial charge in [-0.15, -0.1) is 0 Å². The summed E-state index contributed by atoms with van der Waals surface area (Å²) < 4.78 is 0. The number of nitrogens with zero attached hydrogens (tertiary/aromatic N) is 3. The number of rotatable bonds is 6. The SMILES string of the molecule is C=Cc1c(-c2ccc(-c3cccnc3)cc2)cc(-c2ccc(-c3cccnc3)cc2)c([O-])c1N=C.[K+]. The molecule has 0 aliphatic carbocycles. The average Bonchev–Trinajstić information content (AvgIpc) is 2.94. The fraction of sp³-hybridized carbons (Fsp3) is 0. The van der Waals surface area contributed by atoms with E-state index in [1.54, 1.807) is 18.5 Å². The summed E-state index contributed by atoms with van der Waals surface area (Å²) >= 11 is 0. The molecule has 0 atom stereocenters. The van der Waals surface area contributed by atoms with Gasteiger partial charge in [-0.1, -0.05) is 79.1 Å². The molecule has 0 fully saturated rings. The Morgan fingerprint density at radius 2 is 1.14 bits per heavy atom. The van der Waals surface area contributed by atoms with Crippen molar-refractivity contribution in [1.82, 2.24) is 9.97 Å². The van der Waals surface area contributed by atoms with Crippen LogP contribution in [0.3, 0.4) is 0 Å². The molecule has 0 unspecified atom stereocenters. The molecule has 0 aliphatic rings. The van der Waals surface area contributed by atoms with Crippen LogP contribution in [-0.2, 0) is 0 Å². The number of pyridine rings is 2. The molecule has 0 saturated carbocycles. The molecular weight excluding hydrogens is 469 g/mol. The van der Waals surface area contributed by atoms with Crippen LogP contribution in [0.5, 0.6) is 5.75 Å². The molecule has 5 rings (SSSR count). The van der Waals surface area contributed by atoms with E-state index in [0.717, 1.165) is 38.9 Å². The molecule has 168 valence electrons. The second-order valence-electron chi connectivity index (χ2n) is 8.06. The molecule has 0 aliphatic heterocycles. The van der Waals surface area contributed by atoms with Crippen molar-refractivity contribution in [1.29, 1.82) is 0 Å². The van der Waals surface area contributed by atoms with E-state index in [4.69, 9.17) is 0 Å². The van der Waals surface area contributed by atoms with Crippen molar-refractivity contribution >= 4 is 18.5 Å². The topological polar surface area (TPSA) is 61.2 Å². The summed E-state index contributed by atoms with van der Waals surface area (Å²) in [6.45, 7) is 7.60. The smallest absolute Gasteiger partial charge is 0.871 e. The molecule has 36 heavy (non-hydrogen) atoms. The van der Waals surface area contributed by atoms with Crippen molar-refractivity contribution in [3.8, 4) is 50.3 Å². The van der Waals surface area contributed by atoms with Gasteiger partial charge in [0, 0.05) is 30.4 Å². The molecule has 0 N–H and O–H groups in total. The monoisotopic (exact) mass is 491 g/mol. The van der Waals surface area contributed by atoms with E-state index in [9.17, 15) is 5.11 Å². The van der Waals surface area contributed by atoms with Crippen molar-refractivity contribution in [3.05, 3.63) is 116 Å². The van der Waals surface area contributed by atoms with Crippen LogP contribution in [0.25, 0.3) is 50.6 Å². The number of benzene rings is 3. The first-order valence-corrected chi connectivity index (χ1v) is 11.2.